The quantitative estimate of drug-likeness (QED) is 0.769. The summed E-state index contributed by atoms with van der Waals surface area (Å²) in [6, 6.07) is 10.9. The Morgan fingerprint density at radius 1 is 1.00 bits per heavy atom. The first-order valence-corrected chi connectivity index (χ1v) is 7.06. The first-order chi connectivity index (χ1) is 9.95. The molecule has 2 aromatic rings. The van der Waals surface area contributed by atoms with Gasteiger partial charge in [0.05, 0.1) is 5.02 Å². The Bertz CT molecular complexity index is 689. The van der Waals surface area contributed by atoms with Crippen molar-refractivity contribution in [3.05, 3.63) is 57.5 Å². The van der Waals surface area contributed by atoms with Crippen molar-refractivity contribution >= 4 is 50.8 Å². The Balaban J connectivity index is 2.08. The predicted molar refractivity (Wildman–Crippen MR) is 86.8 cm³/mol. The number of urea groups is 1. The van der Waals surface area contributed by atoms with Crippen LogP contribution in [-0.2, 0) is 0 Å². The number of benzene rings is 2. The molecule has 4 N–H and O–H groups in total. The molecule has 2 rings (SSSR count). The molecule has 3 amide bonds. The van der Waals surface area contributed by atoms with Gasteiger partial charge in [0.15, 0.2) is 0 Å². The number of anilines is 2. The number of carbonyl (C=O) groups excluding carboxylic acids is 2. The van der Waals surface area contributed by atoms with Gasteiger partial charge in [0, 0.05) is 21.4 Å². The fourth-order valence-electron chi connectivity index (χ4n) is 1.62. The third-order valence-electron chi connectivity index (χ3n) is 2.59. The number of nitrogens with two attached hydrogens (primary N) is 1. The van der Waals surface area contributed by atoms with E-state index in [1.165, 1.54) is 0 Å². The van der Waals surface area contributed by atoms with E-state index in [0.717, 1.165) is 4.47 Å². The number of hydrogen-bond acceptors (Lipinski definition) is 2. The summed E-state index contributed by atoms with van der Waals surface area (Å²) in [7, 11) is 0. The maximum atomic E-state index is 12.1. The Kier molecular flexibility index (Phi) is 4.82. The molecule has 0 aromatic heterocycles. The lowest BCUT2D eigenvalue weighted by molar-refractivity contribution is 0.102. The van der Waals surface area contributed by atoms with Gasteiger partial charge in [0.2, 0.25) is 0 Å². The van der Waals surface area contributed by atoms with Crippen LogP contribution in [0.1, 0.15) is 10.4 Å². The highest BCUT2D eigenvalue weighted by molar-refractivity contribution is 9.10. The molecule has 2 aromatic carbocycles. The molecule has 0 aliphatic heterocycles. The third kappa shape index (κ3) is 4.21. The van der Waals surface area contributed by atoms with Crippen LogP contribution in [0.25, 0.3) is 0 Å². The van der Waals surface area contributed by atoms with E-state index in [1.807, 2.05) is 0 Å². The van der Waals surface area contributed by atoms with Crippen molar-refractivity contribution in [1.82, 2.24) is 0 Å². The number of halogens is 2. The van der Waals surface area contributed by atoms with E-state index < -0.39 is 6.03 Å². The van der Waals surface area contributed by atoms with E-state index in [9.17, 15) is 9.59 Å². The predicted octanol–water partition coefficient (Wildman–Crippen LogP) is 3.85. The van der Waals surface area contributed by atoms with Gasteiger partial charge in [-0.05, 0) is 58.4 Å². The smallest absolute Gasteiger partial charge is 0.316 e. The second kappa shape index (κ2) is 6.60. The molecule has 5 nitrogen and oxygen atoms in total. The van der Waals surface area contributed by atoms with Gasteiger partial charge < -0.3 is 16.4 Å². The number of nitrogens with one attached hydrogen (secondary N) is 2. The summed E-state index contributed by atoms with van der Waals surface area (Å²) in [6.07, 6.45) is 0. The van der Waals surface area contributed by atoms with E-state index in [1.54, 1.807) is 42.5 Å². The molecule has 0 fully saturated rings. The lowest BCUT2D eigenvalue weighted by Crippen LogP contribution is -2.19. The van der Waals surface area contributed by atoms with Crippen LogP contribution in [0.15, 0.2) is 46.9 Å². The molecule has 0 radical (unpaired) electrons. The molecule has 21 heavy (non-hydrogen) atoms. The number of rotatable bonds is 3. The zero-order valence-electron chi connectivity index (χ0n) is 10.7. The van der Waals surface area contributed by atoms with Gasteiger partial charge in [0.1, 0.15) is 0 Å². The van der Waals surface area contributed by atoms with Gasteiger partial charge in [-0.1, -0.05) is 11.6 Å². The molecule has 0 saturated heterocycles. The second-order valence-electron chi connectivity index (χ2n) is 4.15. The highest BCUT2D eigenvalue weighted by Gasteiger charge is 2.08. The molecule has 0 bridgehead atoms. The summed E-state index contributed by atoms with van der Waals surface area (Å²) in [5.74, 6) is -0.278. The fourth-order valence-corrected chi connectivity index (χ4v) is 2.05. The summed E-state index contributed by atoms with van der Waals surface area (Å²) in [5.41, 5.74) is 6.60. The third-order valence-corrected chi connectivity index (χ3v) is 3.82. The van der Waals surface area contributed by atoms with E-state index in [4.69, 9.17) is 17.3 Å². The zero-order valence-corrected chi connectivity index (χ0v) is 13.0. The molecular formula is C14H11BrClN3O2. The average molecular weight is 369 g/mol. The summed E-state index contributed by atoms with van der Waals surface area (Å²) < 4.78 is 0.725. The van der Waals surface area contributed by atoms with Crippen molar-refractivity contribution in [2.45, 2.75) is 0 Å². The maximum absolute atomic E-state index is 12.1. The SMILES string of the molecule is NC(=O)Nc1ccc(NC(=O)c2ccc(Br)c(Cl)c2)cc1. The largest absolute Gasteiger partial charge is 0.351 e. The lowest BCUT2D eigenvalue weighted by Gasteiger charge is -2.07. The van der Waals surface area contributed by atoms with Crippen molar-refractivity contribution in [3.63, 3.8) is 0 Å². The van der Waals surface area contributed by atoms with E-state index in [-0.39, 0.29) is 5.91 Å². The number of carbonyl (C=O) groups is 2. The summed E-state index contributed by atoms with van der Waals surface area (Å²) in [4.78, 5) is 22.8. The van der Waals surface area contributed by atoms with Crippen LogP contribution in [0.3, 0.4) is 0 Å². The maximum Gasteiger partial charge on any atom is 0.316 e. The highest BCUT2D eigenvalue weighted by atomic mass is 79.9. The Morgan fingerprint density at radius 2 is 1.57 bits per heavy atom. The van der Waals surface area contributed by atoms with Gasteiger partial charge in [0.25, 0.3) is 5.91 Å². The second-order valence-corrected chi connectivity index (χ2v) is 5.41. The van der Waals surface area contributed by atoms with E-state index in [0.29, 0.717) is 22.0 Å². The van der Waals surface area contributed by atoms with E-state index >= 15 is 0 Å². The number of amides is 3. The molecule has 0 unspecified atom stereocenters. The Hall–Kier alpha value is -2.05. The molecule has 0 aliphatic carbocycles. The van der Waals surface area contributed by atoms with Crippen LogP contribution >= 0.6 is 27.5 Å². The van der Waals surface area contributed by atoms with Crippen LogP contribution in [0.2, 0.25) is 5.02 Å². The molecule has 0 atom stereocenters. The van der Waals surface area contributed by atoms with Crippen molar-refractivity contribution in [2.75, 3.05) is 10.6 Å². The van der Waals surface area contributed by atoms with Crippen molar-refractivity contribution in [2.24, 2.45) is 5.73 Å². The molecule has 0 spiro atoms. The Labute approximate surface area is 134 Å². The molecule has 0 saturated carbocycles. The van der Waals surface area contributed by atoms with E-state index in [2.05, 4.69) is 26.6 Å². The monoisotopic (exact) mass is 367 g/mol. The number of hydrogen-bond donors (Lipinski definition) is 3. The summed E-state index contributed by atoms with van der Waals surface area (Å²) in [6.45, 7) is 0. The summed E-state index contributed by atoms with van der Waals surface area (Å²) >= 11 is 9.22. The van der Waals surface area contributed by atoms with Crippen LogP contribution < -0.4 is 16.4 Å². The van der Waals surface area contributed by atoms with Gasteiger partial charge in [-0.3, -0.25) is 4.79 Å². The normalized spacial score (nSPS) is 10.0. The lowest BCUT2D eigenvalue weighted by atomic mass is 10.2. The van der Waals surface area contributed by atoms with Crippen molar-refractivity contribution in [1.29, 1.82) is 0 Å². The molecular weight excluding hydrogens is 358 g/mol. The molecule has 0 aliphatic rings. The van der Waals surface area contributed by atoms with Crippen LogP contribution in [0.5, 0.6) is 0 Å². The van der Waals surface area contributed by atoms with Crippen molar-refractivity contribution < 1.29 is 9.59 Å². The number of primary amides is 1. The van der Waals surface area contributed by atoms with Gasteiger partial charge in [-0.2, -0.15) is 0 Å². The standard InChI is InChI=1S/C14H11BrClN3O2/c15-11-6-1-8(7-12(11)16)13(20)18-9-2-4-10(5-3-9)19-14(17)21/h1-7H,(H,18,20)(H3,17,19,21). The molecule has 7 heteroatoms. The van der Waals surface area contributed by atoms with Gasteiger partial charge >= 0.3 is 6.03 Å². The van der Waals surface area contributed by atoms with Crippen LogP contribution in [0, 0.1) is 0 Å². The minimum absolute atomic E-state index is 0.278. The minimum atomic E-state index is -0.642. The fraction of sp³-hybridized carbons (Fsp3) is 0. The highest BCUT2D eigenvalue weighted by Crippen LogP contribution is 2.23. The zero-order chi connectivity index (χ0) is 15.4. The molecule has 108 valence electrons. The first kappa shape index (κ1) is 15.3. The Morgan fingerprint density at radius 3 is 2.10 bits per heavy atom. The topological polar surface area (TPSA) is 84.2 Å². The van der Waals surface area contributed by atoms with Crippen LogP contribution in [-0.4, -0.2) is 11.9 Å². The minimum Gasteiger partial charge on any atom is -0.351 e. The van der Waals surface area contributed by atoms with Gasteiger partial charge in [-0.15, -0.1) is 0 Å². The van der Waals surface area contributed by atoms with Crippen molar-refractivity contribution in [3.8, 4) is 0 Å². The van der Waals surface area contributed by atoms with Gasteiger partial charge in [-0.25, -0.2) is 4.79 Å². The first-order valence-electron chi connectivity index (χ1n) is 5.88. The molecule has 0 heterocycles. The van der Waals surface area contributed by atoms with Crippen LogP contribution in [0.4, 0.5) is 16.2 Å². The average Bonchev–Trinajstić information content (AvgIpc) is 2.43. The summed E-state index contributed by atoms with van der Waals surface area (Å²) in [5, 5.41) is 5.62.